The van der Waals surface area contributed by atoms with Gasteiger partial charge in [-0.1, -0.05) is 6.07 Å². The van der Waals surface area contributed by atoms with Crippen molar-refractivity contribution in [3.63, 3.8) is 0 Å². The summed E-state index contributed by atoms with van der Waals surface area (Å²) < 4.78 is 0. The van der Waals surface area contributed by atoms with Gasteiger partial charge in [0, 0.05) is 14.1 Å². The van der Waals surface area contributed by atoms with E-state index in [-0.39, 0.29) is 5.57 Å². The van der Waals surface area contributed by atoms with E-state index in [4.69, 9.17) is 10.4 Å². The average Bonchev–Trinajstić information content (AvgIpc) is 2.35. The standard InChI is InChI=1S/C12H13N3O2/c1-14-10-4-3-8(6-11(10)15-2)5-9(7-13)12(16)17/h3-6,14-15H,1-2H3,(H,16,17)/b9-5+. The number of carboxylic acid groups (broad SMARTS) is 1. The van der Waals surface area contributed by atoms with Crippen LogP contribution < -0.4 is 10.6 Å². The molecule has 17 heavy (non-hydrogen) atoms. The lowest BCUT2D eigenvalue weighted by Gasteiger charge is -2.09. The Bertz CT molecular complexity index is 501. The molecule has 0 spiro atoms. The maximum absolute atomic E-state index is 10.7. The third-order valence-corrected chi connectivity index (χ3v) is 2.24. The number of rotatable bonds is 4. The van der Waals surface area contributed by atoms with Crippen LogP contribution >= 0.6 is 0 Å². The first kappa shape index (κ1) is 12.6. The minimum Gasteiger partial charge on any atom is -0.477 e. The Morgan fingerprint density at radius 3 is 2.47 bits per heavy atom. The Labute approximate surface area is 99.4 Å². The summed E-state index contributed by atoms with van der Waals surface area (Å²) in [4.78, 5) is 10.7. The summed E-state index contributed by atoms with van der Waals surface area (Å²) in [5.41, 5.74) is 2.11. The van der Waals surface area contributed by atoms with Gasteiger partial charge in [0.15, 0.2) is 0 Å². The molecule has 88 valence electrons. The van der Waals surface area contributed by atoms with Crippen LogP contribution in [0, 0.1) is 11.3 Å². The number of aliphatic carboxylic acids is 1. The molecule has 0 aromatic heterocycles. The number of carbonyl (C=O) groups is 1. The molecule has 5 nitrogen and oxygen atoms in total. The molecular weight excluding hydrogens is 218 g/mol. The molecule has 1 aromatic rings. The predicted octanol–water partition coefficient (Wildman–Crippen LogP) is 1.76. The first-order valence-electron chi connectivity index (χ1n) is 4.97. The van der Waals surface area contributed by atoms with Crippen LogP contribution in [0.15, 0.2) is 23.8 Å². The van der Waals surface area contributed by atoms with Crippen molar-refractivity contribution in [2.75, 3.05) is 24.7 Å². The second-order valence-corrected chi connectivity index (χ2v) is 3.28. The van der Waals surface area contributed by atoms with Crippen molar-refractivity contribution in [3.8, 4) is 6.07 Å². The smallest absolute Gasteiger partial charge is 0.346 e. The highest BCUT2D eigenvalue weighted by Gasteiger charge is 2.06. The number of nitrogens with one attached hydrogen (secondary N) is 2. The fraction of sp³-hybridized carbons (Fsp3) is 0.167. The number of anilines is 2. The van der Waals surface area contributed by atoms with Crippen LogP contribution in [0.1, 0.15) is 5.56 Å². The Balaban J connectivity index is 3.17. The van der Waals surface area contributed by atoms with E-state index in [2.05, 4.69) is 10.6 Å². The van der Waals surface area contributed by atoms with Crippen LogP contribution in [0.3, 0.4) is 0 Å². The molecule has 5 heteroatoms. The highest BCUT2D eigenvalue weighted by molar-refractivity contribution is 5.96. The van der Waals surface area contributed by atoms with Crippen molar-refractivity contribution in [1.82, 2.24) is 0 Å². The summed E-state index contributed by atoms with van der Waals surface area (Å²) in [5, 5.41) is 23.4. The summed E-state index contributed by atoms with van der Waals surface area (Å²) in [6.07, 6.45) is 1.34. The zero-order valence-electron chi connectivity index (χ0n) is 9.61. The van der Waals surface area contributed by atoms with Crippen LogP contribution in [-0.4, -0.2) is 25.2 Å². The Hall–Kier alpha value is -2.48. The number of nitrogens with zero attached hydrogens (tertiary/aromatic N) is 1. The number of hydrogen-bond acceptors (Lipinski definition) is 4. The van der Waals surface area contributed by atoms with E-state index >= 15 is 0 Å². The van der Waals surface area contributed by atoms with Crippen LogP contribution in [-0.2, 0) is 4.79 Å². The van der Waals surface area contributed by atoms with Gasteiger partial charge in [-0.15, -0.1) is 0 Å². The molecule has 1 aromatic carbocycles. The molecule has 0 heterocycles. The van der Waals surface area contributed by atoms with E-state index < -0.39 is 5.97 Å². The zero-order valence-corrected chi connectivity index (χ0v) is 9.61. The van der Waals surface area contributed by atoms with Gasteiger partial charge >= 0.3 is 5.97 Å². The normalized spacial score (nSPS) is 10.5. The molecule has 0 aliphatic rings. The molecule has 1 rings (SSSR count). The van der Waals surface area contributed by atoms with E-state index in [9.17, 15) is 4.79 Å². The molecule has 0 atom stereocenters. The quantitative estimate of drug-likeness (QED) is 0.543. The second-order valence-electron chi connectivity index (χ2n) is 3.28. The van der Waals surface area contributed by atoms with Crippen molar-refractivity contribution >= 4 is 23.4 Å². The third-order valence-electron chi connectivity index (χ3n) is 2.24. The number of hydrogen-bond donors (Lipinski definition) is 3. The molecular formula is C12H13N3O2. The van der Waals surface area contributed by atoms with Gasteiger partial charge < -0.3 is 15.7 Å². The summed E-state index contributed by atoms with van der Waals surface area (Å²) in [6.45, 7) is 0. The largest absolute Gasteiger partial charge is 0.477 e. The summed E-state index contributed by atoms with van der Waals surface area (Å²) >= 11 is 0. The van der Waals surface area contributed by atoms with E-state index in [1.807, 2.05) is 6.07 Å². The van der Waals surface area contributed by atoms with E-state index in [0.29, 0.717) is 5.56 Å². The third kappa shape index (κ3) is 2.98. The van der Waals surface area contributed by atoms with Gasteiger partial charge in [0.1, 0.15) is 11.6 Å². The van der Waals surface area contributed by atoms with Crippen molar-refractivity contribution in [2.24, 2.45) is 0 Å². The first-order chi connectivity index (χ1) is 8.12. The lowest BCUT2D eigenvalue weighted by molar-refractivity contribution is -0.132. The van der Waals surface area contributed by atoms with Crippen LogP contribution in [0.2, 0.25) is 0 Å². The minimum absolute atomic E-state index is 0.288. The van der Waals surface area contributed by atoms with Crippen LogP contribution in [0.5, 0.6) is 0 Å². The maximum Gasteiger partial charge on any atom is 0.346 e. The molecule has 0 amide bonds. The summed E-state index contributed by atoms with van der Waals surface area (Å²) in [5.74, 6) is -1.23. The molecule has 0 fully saturated rings. The van der Waals surface area contributed by atoms with Crippen molar-refractivity contribution < 1.29 is 9.90 Å². The lowest BCUT2D eigenvalue weighted by atomic mass is 10.1. The maximum atomic E-state index is 10.7. The van der Waals surface area contributed by atoms with Gasteiger partial charge in [0.2, 0.25) is 0 Å². The van der Waals surface area contributed by atoms with Gasteiger partial charge in [-0.2, -0.15) is 5.26 Å². The zero-order chi connectivity index (χ0) is 12.8. The van der Waals surface area contributed by atoms with E-state index in [0.717, 1.165) is 11.4 Å². The van der Waals surface area contributed by atoms with Gasteiger partial charge in [-0.25, -0.2) is 4.79 Å². The van der Waals surface area contributed by atoms with Gasteiger partial charge in [0.05, 0.1) is 11.4 Å². The number of benzene rings is 1. The second kappa shape index (κ2) is 5.56. The molecule has 0 saturated carbocycles. The Morgan fingerprint density at radius 2 is 2.00 bits per heavy atom. The van der Waals surface area contributed by atoms with Crippen LogP contribution in [0.25, 0.3) is 6.08 Å². The number of carboxylic acids is 1. The van der Waals surface area contributed by atoms with Gasteiger partial charge in [-0.05, 0) is 23.8 Å². The van der Waals surface area contributed by atoms with Crippen molar-refractivity contribution in [1.29, 1.82) is 5.26 Å². The molecule has 0 bridgehead atoms. The average molecular weight is 231 g/mol. The highest BCUT2D eigenvalue weighted by atomic mass is 16.4. The van der Waals surface area contributed by atoms with E-state index in [1.165, 1.54) is 6.08 Å². The molecule has 3 N–H and O–H groups in total. The fourth-order valence-corrected chi connectivity index (χ4v) is 1.38. The summed E-state index contributed by atoms with van der Waals surface area (Å²) in [6, 6.07) is 6.97. The monoisotopic (exact) mass is 231 g/mol. The van der Waals surface area contributed by atoms with Crippen LogP contribution in [0.4, 0.5) is 11.4 Å². The van der Waals surface area contributed by atoms with E-state index in [1.54, 1.807) is 32.3 Å². The Kier molecular flexibility index (Phi) is 4.12. The summed E-state index contributed by atoms with van der Waals surface area (Å²) in [7, 11) is 3.57. The van der Waals surface area contributed by atoms with Gasteiger partial charge in [0.25, 0.3) is 0 Å². The topological polar surface area (TPSA) is 85.2 Å². The fourth-order valence-electron chi connectivity index (χ4n) is 1.38. The minimum atomic E-state index is -1.23. The highest BCUT2D eigenvalue weighted by Crippen LogP contribution is 2.23. The molecule has 0 saturated heterocycles. The molecule has 0 radical (unpaired) electrons. The lowest BCUT2D eigenvalue weighted by Crippen LogP contribution is -1.99. The first-order valence-corrected chi connectivity index (χ1v) is 4.97. The van der Waals surface area contributed by atoms with Gasteiger partial charge in [-0.3, -0.25) is 0 Å². The Morgan fingerprint density at radius 1 is 1.35 bits per heavy atom. The molecule has 0 aliphatic heterocycles. The SMILES string of the molecule is CNc1ccc(/C=C(\C#N)C(=O)O)cc1NC. The number of nitriles is 1. The predicted molar refractivity (Wildman–Crippen MR) is 66.8 cm³/mol. The van der Waals surface area contributed by atoms with Crippen molar-refractivity contribution in [3.05, 3.63) is 29.3 Å². The van der Waals surface area contributed by atoms with Crippen molar-refractivity contribution in [2.45, 2.75) is 0 Å². The molecule has 0 unspecified atom stereocenters. The molecule has 0 aliphatic carbocycles.